The monoisotopic (exact) mass is 168 g/mol. The van der Waals surface area contributed by atoms with Crippen LogP contribution in [0.25, 0.3) is 0 Å². The molecule has 1 N–H and O–H groups in total. The van der Waals surface area contributed by atoms with Gasteiger partial charge in [0.2, 0.25) is 0 Å². The number of rotatable bonds is 3. The fourth-order valence-electron chi connectivity index (χ4n) is 1.79. The minimum Gasteiger partial charge on any atom is -0.386 e. The number of allylic oxidation sites excluding steroid dienone is 1. The molecule has 1 aliphatic carbocycles. The lowest BCUT2D eigenvalue weighted by Crippen LogP contribution is -2.13. The van der Waals surface area contributed by atoms with Crippen LogP contribution in [0.3, 0.4) is 0 Å². The van der Waals surface area contributed by atoms with Crippen LogP contribution < -0.4 is 0 Å². The molecule has 0 spiro atoms. The quantitative estimate of drug-likeness (QED) is 0.642. The average Bonchev–Trinajstić information content (AvgIpc) is 2.36. The summed E-state index contributed by atoms with van der Waals surface area (Å²) in [5.41, 5.74) is -0.626. The lowest BCUT2D eigenvalue weighted by atomic mass is 10.0. The lowest BCUT2D eigenvalue weighted by Gasteiger charge is -2.11. The van der Waals surface area contributed by atoms with Crippen LogP contribution in [0.5, 0.6) is 0 Å². The summed E-state index contributed by atoms with van der Waals surface area (Å²) in [6, 6.07) is 0. The third kappa shape index (κ3) is 3.91. The Morgan fingerprint density at radius 3 is 2.42 bits per heavy atom. The third-order valence-electron chi connectivity index (χ3n) is 2.47. The van der Waals surface area contributed by atoms with Crippen molar-refractivity contribution in [2.75, 3.05) is 0 Å². The van der Waals surface area contributed by atoms with E-state index in [0.29, 0.717) is 0 Å². The summed E-state index contributed by atoms with van der Waals surface area (Å²) in [6.45, 7) is 3.64. The molecule has 1 aliphatic rings. The molecule has 12 heavy (non-hydrogen) atoms. The van der Waals surface area contributed by atoms with Crippen molar-refractivity contribution in [2.45, 2.75) is 51.6 Å². The van der Waals surface area contributed by atoms with Crippen LogP contribution >= 0.6 is 0 Å². The van der Waals surface area contributed by atoms with Crippen molar-refractivity contribution >= 4 is 0 Å². The third-order valence-corrected chi connectivity index (χ3v) is 2.47. The first-order chi connectivity index (χ1) is 5.58. The first-order valence-corrected chi connectivity index (χ1v) is 4.98. The SMILES string of the molecule is CC(C)(O)/C=C/CC1CCCC1. The topological polar surface area (TPSA) is 20.2 Å². The van der Waals surface area contributed by atoms with E-state index in [0.717, 1.165) is 12.3 Å². The van der Waals surface area contributed by atoms with Gasteiger partial charge in [0.1, 0.15) is 0 Å². The molecule has 0 aromatic rings. The zero-order valence-electron chi connectivity index (χ0n) is 8.21. The van der Waals surface area contributed by atoms with Crippen LogP contribution in [0.4, 0.5) is 0 Å². The van der Waals surface area contributed by atoms with Gasteiger partial charge in [-0.25, -0.2) is 0 Å². The van der Waals surface area contributed by atoms with Crippen LogP contribution in [0, 0.1) is 5.92 Å². The van der Waals surface area contributed by atoms with Crippen molar-refractivity contribution < 1.29 is 5.11 Å². The van der Waals surface area contributed by atoms with Crippen molar-refractivity contribution in [3.8, 4) is 0 Å². The first kappa shape index (κ1) is 9.79. The van der Waals surface area contributed by atoms with Crippen LogP contribution in [0.15, 0.2) is 12.2 Å². The second kappa shape index (κ2) is 4.08. The van der Waals surface area contributed by atoms with Crippen LogP contribution in [0.2, 0.25) is 0 Å². The van der Waals surface area contributed by atoms with Crippen molar-refractivity contribution in [3.63, 3.8) is 0 Å². The summed E-state index contributed by atoms with van der Waals surface area (Å²) in [5, 5.41) is 9.40. The smallest absolute Gasteiger partial charge is 0.0771 e. The molecule has 0 saturated heterocycles. The maximum Gasteiger partial charge on any atom is 0.0771 e. The van der Waals surface area contributed by atoms with E-state index in [4.69, 9.17) is 0 Å². The normalized spacial score (nSPS) is 20.9. The summed E-state index contributed by atoms with van der Waals surface area (Å²) >= 11 is 0. The highest BCUT2D eigenvalue weighted by atomic mass is 16.3. The lowest BCUT2D eigenvalue weighted by molar-refractivity contribution is 0.132. The van der Waals surface area contributed by atoms with Gasteiger partial charge in [0, 0.05) is 0 Å². The predicted octanol–water partition coefficient (Wildman–Crippen LogP) is 2.89. The van der Waals surface area contributed by atoms with Crippen molar-refractivity contribution in [3.05, 3.63) is 12.2 Å². The molecule has 0 atom stereocenters. The van der Waals surface area contributed by atoms with Gasteiger partial charge in [0.15, 0.2) is 0 Å². The molecule has 0 amide bonds. The Hall–Kier alpha value is -0.300. The Balaban J connectivity index is 2.20. The Morgan fingerprint density at radius 2 is 1.92 bits per heavy atom. The van der Waals surface area contributed by atoms with Gasteiger partial charge in [0.25, 0.3) is 0 Å². The number of aliphatic hydroxyl groups is 1. The second-order valence-electron chi connectivity index (χ2n) is 4.44. The van der Waals surface area contributed by atoms with Gasteiger partial charge in [0.05, 0.1) is 5.60 Å². The maximum atomic E-state index is 9.40. The van der Waals surface area contributed by atoms with Crippen LogP contribution in [-0.2, 0) is 0 Å². The van der Waals surface area contributed by atoms with E-state index in [2.05, 4.69) is 6.08 Å². The summed E-state index contributed by atoms with van der Waals surface area (Å²) in [6.07, 6.45) is 10.8. The van der Waals surface area contributed by atoms with Gasteiger partial charge >= 0.3 is 0 Å². The molecule has 0 aliphatic heterocycles. The van der Waals surface area contributed by atoms with Gasteiger partial charge in [-0.2, -0.15) is 0 Å². The van der Waals surface area contributed by atoms with E-state index in [1.54, 1.807) is 0 Å². The summed E-state index contributed by atoms with van der Waals surface area (Å²) in [7, 11) is 0. The minimum absolute atomic E-state index is 0.626. The van der Waals surface area contributed by atoms with E-state index in [1.807, 2.05) is 19.9 Å². The molecule has 70 valence electrons. The van der Waals surface area contributed by atoms with Crippen LogP contribution in [-0.4, -0.2) is 10.7 Å². The van der Waals surface area contributed by atoms with E-state index < -0.39 is 5.60 Å². The largest absolute Gasteiger partial charge is 0.386 e. The first-order valence-electron chi connectivity index (χ1n) is 4.98. The molecule has 1 rings (SSSR count). The Morgan fingerprint density at radius 1 is 1.33 bits per heavy atom. The second-order valence-corrected chi connectivity index (χ2v) is 4.44. The molecule has 0 aromatic heterocycles. The summed E-state index contributed by atoms with van der Waals surface area (Å²) in [5.74, 6) is 0.892. The Labute approximate surface area is 75.5 Å². The van der Waals surface area contributed by atoms with Crippen molar-refractivity contribution in [1.29, 1.82) is 0 Å². The molecular weight excluding hydrogens is 148 g/mol. The molecule has 0 heterocycles. The standard InChI is InChI=1S/C11H20O/c1-11(2,12)9-5-8-10-6-3-4-7-10/h5,9-10,12H,3-4,6-8H2,1-2H3/b9-5+. The van der Waals surface area contributed by atoms with Crippen molar-refractivity contribution in [2.24, 2.45) is 5.92 Å². The van der Waals surface area contributed by atoms with Gasteiger partial charge in [-0.3, -0.25) is 0 Å². The zero-order valence-corrected chi connectivity index (χ0v) is 8.21. The molecule has 1 saturated carbocycles. The van der Waals surface area contributed by atoms with E-state index in [9.17, 15) is 5.11 Å². The molecule has 1 heteroatoms. The van der Waals surface area contributed by atoms with E-state index in [-0.39, 0.29) is 0 Å². The summed E-state index contributed by atoms with van der Waals surface area (Å²) < 4.78 is 0. The van der Waals surface area contributed by atoms with Crippen molar-refractivity contribution in [1.82, 2.24) is 0 Å². The van der Waals surface area contributed by atoms with Crippen LogP contribution in [0.1, 0.15) is 46.0 Å². The molecular formula is C11H20O. The highest BCUT2D eigenvalue weighted by Crippen LogP contribution is 2.27. The molecule has 0 radical (unpaired) electrons. The predicted molar refractivity (Wildman–Crippen MR) is 52.0 cm³/mol. The van der Waals surface area contributed by atoms with Gasteiger partial charge in [-0.05, 0) is 26.2 Å². The zero-order chi connectivity index (χ0) is 9.03. The maximum absolute atomic E-state index is 9.40. The molecule has 0 aromatic carbocycles. The number of hydrogen-bond donors (Lipinski definition) is 1. The highest BCUT2D eigenvalue weighted by Gasteiger charge is 2.13. The fourth-order valence-corrected chi connectivity index (χ4v) is 1.79. The Bertz CT molecular complexity index is 147. The summed E-state index contributed by atoms with van der Waals surface area (Å²) in [4.78, 5) is 0. The average molecular weight is 168 g/mol. The van der Waals surface area contributed by atoms with E-state index >= 15 is 0 Å². The molecule has 1 fully saturated rings. The Kier molecular flexibility index (Phi) is 3.33. The van der Waals surface area contributed by atoms with Gasteiger partial charge in [-0.15, -0.1) is 0 Å². The van der Waals surface area contributed by atoms with E-state index in [1.165, 1.54) is 25.7 Å². The van der Waals surface area contributed by atoms with Gasteiger partial charge in [-0.1, -0.05) is 37.8 Å². The highest BCUT2D eigenvalue weighted by molar-refractivity contribution is 4.96. The molecule has 0 unspecified atom stereocenters. The molecule has 0 bridgehead atoms. The van der Waals surface area contributed by atoms with Gasteiger partial charge < -0.3 is 5.11 Å². The molecule has 1 nitrogen and oxygen atoms in total. The minimum atomic E-state index is -0.626. The number of hydrogen-bond acceptors (Lipinski definition) is 1. The fraction of sp³-hybridized carbons (Fsp3) is 0.818.